The molecule has 0 saturated heterocycles. The number of likely N-dealkylation sites (N-methyl/N-ethyl adjacent to an activating group) is 1. The van der Waals surface area contributed by atoms with Gasteiger partial charge in [-0.1, -0.05) is 30.3 Å². The van der Waals surface area contributed by atoms with E-state index in [1.54, 1.807) is 0 Å². The molecule has 1 aliphatic rings. The molecule has 0 radical (unpaired) electrons. The standard InChI is InChI=1S/C14H13NO2/c1-15-8-12-11-5-3-2-4-10(11)6-7-13(12)17-14(16)9-15/h2-7H,8-9H2,1H3. The molecular formula is C14H13NO2. The van der Waals surface area contributed by atoms with E-state index in [1.807, 2.05) is 36.2 Å². The van der Waals surface area contributed by atoms with E-state index in [-0.39, 0.29) is 5.97 Å². The average molecular weight is 227 g/mol. The summed E-state index contributed by atoms with van der Waals surface area (Å²) in [5.74, 6) is 0.500. The van der Waals surface area contributed by atoms with Gasteiger partial charge in [0.25, 0.3) is 0 Å². The summed E-state index contributed by atoms with van der Waals surface area (Å²) in [6, 6.07) is 12.0. The van der Waals surface area contributed by atoms with Gasteiger partial charge in [-0.05, 0) is 23.9 Å². The van der Waals surface area contributed by atoms with E-state index in [0.717, 1.165) is 17.5 Å². The first-order valence-electron chi connectivity index (χ1n) is 5.64. The van der Waals surface area contributed by atoms with Gasteiger partial charge in [0, 0.05) is 12.1 Å². The van der Waals surface area contributed by atoms with Gasteiger partial charge in [-0.2, -0.15) is 0 Å². The number of esters is 1. The van der Waals surface area contributed by atoms with Crippen LogP contribution in [0.2, 0.25) is 0 Å². The molecule has 1 heterocycles. The molecule has 0 aliphatic carbocycles. The normalized spacial score (nSPS) is 16.4. The SMILES string of the molecule is CN1CC(=O)Oc2ccc3ccccc3c2C1. The van der Waals surface area contributed by atoms with Gasteiger partial charge in [0.15, 0.2) is 0 Å². The highest BCUT2D eigenvalue weighted by atomic mass is 16.5. The Hall–Kier alpha value is -1.87. The number of fused-ring (bicyclic) bond motifs is 3. The Morgan fingerprint density at radius 1 is 1.12 bits per heavy atom. The van der Waals surface area contributed by atoms with Crippen molar-refractivity contribution in [2.75, 3.05) is 13.6 Å². The zero-order valence-electron chi connectivity index (χ0n) is 9.64. The molecule has 0 bridgehead atoms. The number of benzene rings is 2. The van der Waals surface area contributed by atoms with Crippen molar-refractivity contribution in [2.45, 2.75) is 6.54 Å². The maximum atomic E-state index is 11.5. The number of rotatable bonds is 0. The highest BCUT2D eigenvalue weighted by molar-refractivity contribution is 5.89. The molecule has 0 N–H and O–H groups in total. The van der Waals surface area contributed by atoms with Crippen LogP contribution < -0.4 is 4.74 Å². The highest BCUT2D eigenvalue weighted by Crippen LogP contribution is 2.30. The van der Waals surface area contributed by atoms with Crippen LogP contribution in [0.1, 0.15) is 5.56 Å². The Morgan fingerprint density at radius 2 is 1.94 bits per heavy atom. The molecule has 1 aliphatic heterocycles. The summed E-state index contributed by atoms with van der Waals surface area (Å²) in [5, 5.41) is 2.34. The molecule has 0 spiro atoms. The van der Waals surface area contributed by atoms with Crippen molar-refractivity contribution in [3.05, 3.63) is 42.0 Å². The fraction of sp³-hybridized carbons (Fsp3) is 0.214. The fourth-order valence-electron chi connectivity index (χ4n) is 2.28. The van der Waals surface area contributed by atoms with Crippen LogP contribution in [0.5, 0.6) is 5.75 Å². The third kappa shape index (κ3) is 1.78. The summed E-state index contributed by atoms with van der Waals surface area (Å²) in [6.07, 6.45) is 0. The summed E-state index contributed by atoms with van der Waals surface area (Å²) in [7, 11) is 1.93. The van der Waals surface area contributed by atoms with Crippen LogP contribution in [-0.4, -0.2) is 24.5 Å². The maximum absolute atomic E-state index is 11.5. The van der Waals surface area contributed by atoms with Crippen LogP contribution in [-0.2, 0) is 11.3 Å². The lowest BCUT2D eigenvalue weighted by Gasteiger charge is -2.12. The van der Waals surface area contributed by atoms with Crippen molar-refractivity contribution in [1.82, 2.24) is 4.90 Å². The average Bonchev–Trinajstić information content (AvgIpc) is 2.46. The summed E-state index contributed by atoms with van der Waals surface area (Å²) in [6.45, 7) is 1.07. The van der Waals surface area contributed by atoms with Gasteiger partial charge < -0.3 is 4.74 Å². The van der Waals surface area contributed by atoms with Gasteiger partial charge in [-0.25, -0.2) is 0 Å². The molecule has 0 amide bonds. The van der Waals surface area contributed by atoms with Crippen LogP contribution in [0.4, 0.5) is 0 Å². The zero-order valence-corrected chi connectivity index (χ0v) is 9.64. The number of carbonyl (C=O) groups is 1. The topological polar surface area (TPSA) is 29.5 Å². The molecule has 2 aromatic rings. The maximum Gasteiger partial charge on any atom is 0.325 e. The van der Waals surface area contributed by atoms with E-state index < -0.39 is 0 Å². The van der Waals surface area contributed by atoms with Crippen molar-refractivity contribution in [2.24, 2.45) is 0 Å². The number of hydrogen-bond donors (Lipinski definition) is 0. The predicted molar refractivity (Wildman–Crippen MR) is 65.9 cm³/mol. The van der Waals surface area contributed by atoms with E-state index in [0.29, 0.717) is 12.3 Å². The third-order valence-corrected chi connectivity index (χ3v) is 3.05. The summed E-state index contributed by atoms with van der Waals surface area (Å²) >= 11 is 0. The molecule has 0 saturated carbocycles. The number of carbonyl (C=O) groups excluding carboxylic acids is 1. The Labute approximate surface area is 99.6 Å². The van der Waals surface area contributed by atoms with Gasteiger partial charge in [-0.3, -0.25) is 9.69 Å². The Morgan fingerprint density at radius 3 is 2.82 bits per heavy atom. The van der Waals surface area contributed by atoms with Crippen LogP contribution >= 0.6 is 0 Å². The molecule has 0 fully saturated rings. The first-order chi connectivity index (χ1) is 8.24. The summed E-state index contributed by atoms with van der Waals surface area (Å²) < 4.78 is 5.35. The van der Waals surface area contributed by atoms with E-state index >= 15 is 0 Å². The molecule has 0 aromatic heterocycles. The Bertz CT molecular complexity index is 592. The molecule has 86 valence electrons. The number of nitrogens with zero attached hydrogens (tertiary/aromatic N) is 1. The first kappa shape index (κ1) is 10.3. The molecule has 3 nitrogen and oxygen atoms in total. The summed E-state index contributed by atoms with van der Waals surface area (Å²) in [4.78, 5) is 13.5. The lowest BCUT2D eigenvalue weighted by Crippen LogP contribution is -2.25. The monoisotopic (exact) mass is 227 g/mol. The van der Waals surface area contributed by atoms with E-state index in [9.17, 15) is 4.79 Å². The first-order valence-corrected chi connectivity index (χ1v) is 5.64. The van der Waals surface area contributed by atoms with E-state index in [1.165, 1.54) is 5.39 Å². The second kappa shape index (κ2) is 3.86. The minimum Gasteiger partial charge on any atom is -0.425 e. The lowest BCUT2D eigenvalue weighted by atomic mass is 10.0. The molecule has 0 unspecified atom stereocenters. The van der Waals surface area contributed by atoms with Crippen LogP contribution in [0, 0.1) is 0 Å². The van der Waals surface area contributed by atoms with Crippen molar-refractivity contribution in [1.29, 1.82) is 0 Å². The third-order valence-electron chi connectivity index (χ3n) is 3.05. The van der Waals surface area contributed by atoms with Gasteiger partial charge >= 0.3 is 5.97 Å². The quantitative estimate of drug-likeness (QED) is 0.510. The van der Waals surface area contributed by atoms with Gasteiger partial charge in [0.2, 0.25) is 0 Å². The van der Waals surface area contributed by atoms with Crippen molar-refractivity contribution in [3.63, 3.8) is 0 Å². The largest absolute Gasteiger partial charge is 0.425 e. The number of ether oxygens (including phenoxy) is 1. The van der Waals surface area contributed by atoms with Gasteiger partial charge in [-0.15, -0.1) is 0 Å². The molecule has 3 heteroatoms. The second-order valence-corrected chi connectivity index (χ2v) is 4.41. The lowest BCUT2D eigenvalue weighted by molar-refractivity contribution is -0.134. The predicted octanol–water partition coefficient (Wildman–Crippen LogP) is 2.19. The minimum absolute atomic E-state index is 0.193. The van der Waals surface area contributed by atoms with Gasteiger partial charge in [0.05, 0.1) is 6.54 Å². The van der Waals surface area contributed by atoms with Crippen LogP contribution in [0.3, 0.4) is 0 Å². The minimum atomic E-state index is -0.193. The van der Waals surface area contributed by atoms with E-state index in [2.05, 4.69) is 12.1 Å². The molecule has 2 aromatic carbocycles. The second-order valence-electron chi connectivity index (χ2n) is 4.41. The Balaban J connectivity index is 2.24. The molecular weight excluding hydrogens is 214 g/mol. The molecule has 3 rings (SSSR count). The van der Waals surface area contributed by atoms with Crippen LogP contribution in [0.15, 0.2) is 36.4 Å². The van der Waals surface area contributed by atoms with Crippen molar-refractivity contribution in [3.8, 4) is 5.75 Å². The van der Waals surface area contributed by atoms with Crippen LogP contribution in [0.25, 0.3) is 10.8 Å². The van der Waals surface area contributed by atoms with Crippen molar-refractivity contribution < 1.29 is 9.53 Å². The molecule has 0 atom stereocenters. The Kier molecular flexibility index (Phi) is 2.34. The highest BCUT2D eigenvalue weighted by Gasteiger charge is 2.19. The van der Waals surface area contributed by atoms with E-state index in [4.69, 9.17) is 4.74 Å². The number of hydrogen-bond acceptors (Lipinski definition) is 3. The smallest absolute Gasteiger partial charge is 0.325 e. The molecule has 17 heavy (non-hydrogen) atoms. The van der Waals surface area contributed by atoms with Crippen molar-refractivity contribution >= 4 is 16.7 Å². The summed E-state index contributed by atoms with van der Waals surface area (Å²) in [5.41, 5.74) is 1.09. The van der Waals surface area contributed by atoms with Gasteiger partial charge in [0.1, 0.15) is 5.75 Å². The zero-order chi connectivity index (χ0) is 11.8. The fourth-order valence-corrected chi connectivity index (χ4v) is 2.28.